The van der Waals surface area contributed by atoms with Crippen molar-refractivity contribution in [3.63, 3.8) is 0 Å². The van der Waals surface area contributed by atoms with Crippen molar-refractivity contribution < 1.29 is 57.9 Å². The summed E-state index contributed by atoms with van der Waals surface area (Å²) in [5.74, 6) is -1.04. The molecule has 2 heterocycles. The van der Waals surface area contributed by atoms with Gasteiger partial charge in [0.1, 0.15) is 0 Å². The summed E-state index contributed by atoms with van der Waals surface area (Å²) in [6, 6.07) is 21.7. The third kappa shape index (κ3) is 20.8. The van der Waals surface area contributed by atoms with Gasteiger partial charge >= 0.3 is 12.4 Å². The number of anilines is 2. The van der Waals surface area contributed by atoms with Crippen molar-refractivity contribution in [2.45, 2.75) is 68.3 Å². The molecular weight excluding hydrogens is 1170 g/mol. The van der Waals surface area contributed by atoms with Gasteiger partial charge in [-0.15, -0.1) is 6.58 Å². The van der Waals surface area contributed by atoms with E-state index in [-0.39, 0.29) is 44.3 Å². The smallest absolute Gasteiger partial charge is 0.396 e. The van der Waals surface area contributed by atoms with E-state index in [2.05, 4.69) is 17.2 Å². The van der Waals surface area contributed by atoms with Gasteiger partial charge in [-0.25, -0.2) is 16.8 Å². The second-order valence-corrected chi connectivity index (χ2v) is 25.5. The van der Waals surface area contributed by atoms with E-state index >= 15 is 0 Å². The number of carbonyl (C=O) groups is 2. The van der Waals surface area contributed by atoms with Crippen LogP contribution in [0, 0.1) is 13.8 Å². The molecule has 42 heteroatoms. The highest BCUT2D eigenvalue weighted by Gasteiger charge is 2.47. The zero-order valence-electron chi connectivity index (χ0n) is 50.1. The van der Waals surface area contributed by atoms with E-state index in [1.165, 1.54) is 104 Å². The second-order valence-electron chi connectivity index (χ2n) is 21.5. The Hall–Kier alpha value is -4.95. The van der Waals surface area contributed by atoms with E-state index in [0.717, 1.165) is 24.6 Å². The minimum absolute atomic E-state index is 0.0110. The number of nitrogens with one attached hydrogen (secondary N) is 2. The molecule has 0 fully saturated rings. The highest BCUT2D eigenvalue weighted by atomic mass is 32.2. The van der Waals surface area contributed by atoms with Gasteiger partial charge in [-0.1, -0.05) is 42.5 Å². The molecular formula is C48H48B23F6N4O7S2. The predicted molar refractivity (Wildman–Crippen MR) is 378 cm³/mol. The van der Waals surface area contributed by atoms with Crippen LogP contribution < -0.4 is 10.6 Å². The Morgan fingerprint density at radius 2 is 0.900 bits per heavy atom. The highest BCUT2D eigenvalue weighted by Crippen LogP contribution is 2.41. The summed E-state index contributed by atoms with van der Waals surface area (Å²) in [5, 5.41) is 14.5. The van der Waals surface area contributed by atoms with E-state index in [1.54, 1.807) is 29.1 Å². The Morgan fingerprint density at radius 1 is 0.556 bits per heavy atom. The largest absolute Gasteiger partial charge is 0.417 e. The SMILES string of the molecule is C=CCCn1cc(C(=O)Nc2ccc(S(C)(=O)=O)cc2)c(C)c1-c1ccccc1C(F)(F)F.Cc1c(C(=O)Nc2ccc(S(C)(=O)=O)cc2)cn(CCCCO)c1-c1ccccc1C(F)(F)F.[B][B]B([B])B(B([B])[B])B(B(B([B])[B])B([B])[B])B(B([B])[B])B([B])[B]. The maximum absolute atomic E-state index is 13.7. The van der Waals surface area contributed by atoms with Gasteiger partial charge in [0.05, 0.1) is 43.4 Å². The molecule has 6 rings (SSSR count). The number of alkyl halides is 6. The Morgan fingerprint density at radius 3 is 1.20 bits per heavy atom. The standard InChI is InChI=1S/C24H25F3N2O4S.C24H23F3N2O3S.B23/c1-16-20(23(31)28-17-9-11-18(12-10-17)34(2,32)33)15-29(13-5-6-14-30)22(16)19-7-3-4-8-21(19)24(25,26)27;1-4-5-14-29-15-20(23(30)28-17-10-12-18(13-11-17)33(3,31)32)16(2)22(29)19-8-6-7-9-21(19)24(25,26)27;1-13-19(12)22(18(10)11)23(20(14(2)3)15(4)5)21(16(6)7)17(8)9/h3-4,7-12,15,30H,5-6,13-14H2,1-2H3,(H,28,31);4,6-13,15H,1,5,14H2,2-3H3,(H,28,30);. The number of unbranched alkanes of at least 4 members (excludes halogenated alkanes) is 1. The molecule has 0 aliphatic carbocycles. The van der Waals surface area contributed by atoms with Gasteiger partial charge in [0.15, 0.2) is 19.7 Å². The monoisotopic (exact) mass is 1220 g/mol. The van der Waals surface area contributed by atoms with Crippen molar-refractivity contribution in [3.05, 3.63) is 155 Å². The number of rotatable bonds is 25. The Kier molecular flexibility index (Phi) is 29.1. The maximum atomic E-state index is 13.7. The number of sulfone groups is 2. The predicted octanol–water partition coefficient (Wildman–Crippen LogP) is 1.87. The summed E-state index contributed by atoms with van der Waals surface area (Å²) in [5.41, 5.74) is 0.873. The molecule has 2 amide bonds. The third-order valence-corrected chi connectivity index (χ3v) is 17.1. The van der Waals surface area contributed by atoms with Gasteiger partial charge in [0.25, 0.3) is 11.8 Å². The molecule has 0 bridgehead atoms. The quantitative estimate of drug-likeness (QED) is 0.0343. The van der Waals surface area contributed by atoms with Gasteiger partial charge in [0, 0.05) is 231 Å². The zero-order valence-corrected chi connectivity index (χ0v) is 51.7. The summed E-state index contributed by atoms with van der Waals surface area (Å²) in [6.45, 7) is 7.48. The van der Waals surface area contributed by atoms with E-state index in [0.29, 0.717) is 60.5 Å². The molecule has 2 aromatic heterocycles. The van der Waals surface area contributed by atoms with Crippen LogP contribution in [-0.4, -0.2) is 226 Å². The number of carbonyl (C=O) groups excluding carboxylic acids is 2. The number of hydrogen-bond acceptors (Lipinski definition) is 7. The summed E-state index contributed by atoms with van der Waals surface area (Å²) in [4.78, 5) is 26.2. The minimum Gasteiger partial charge on any atom is -0.396 e. The topological polar surface area (TPSA) is 157 Å². The molecule has 6 aromatic rings. The molecule has 0 saturated heterocycles. The van der Waals surface area contributed by atoms with Crippen LogP contribution in [0.2, 0.25) is 0 Å². The second kappa shape index (κ2) is 33.8. The molecule has 0 aliphatic heterocycles. The molecule has 11 nitrogen and oxygen atoms in total. The summed E-state index contributed by atoms with van der Waals surface area (Å²) < 4.78 is 132. The van der Waals surface area contributed by atoms with Crippen LogP contribution in [0.15, 0.2) is 132 Å². The number of benzene rings is 4. The number of hydrogen-bond donors (Lipinski definition) is 3. The molecule has 0 aliphatic rings. The molecule has 0 saturated carbocycles. The fourth-order valence-electron chi connectivity index (χ4n) is 10.5. The van der Waals surface area contributed by atoms with Crippen molar-refractivity contribution in [1.29, 1.82) is 0 Å². The van der Waals surface area contributed by atoms with Gasteiger partial charge in [-0.05, 0) is 105 Å². The highest BCUT2D eigenvalue weighted by molar-refractivity contribution is 8.22. The van der Waals surface area contributed by atoms with Crippen molar-refractivity contribution in [3.8, 4) is 22.5 Å². The lowest BCUT2D eigenvalue weighted by Crippen LogP contribution is -2.83. The molecule has 0 spiro atoms. The van der Waals surface area contributed by atoms with Crippen LogP contribution in [-0.2, 0) is 45.1 Å². The van der Waals surface area contributed by atoms with Crippen molar-refractivity contribution >= 4 is 207 Å². The van der Waals surface area contributed by atoms with E-state index in [4.69, 9.17) is 98.0 Å². The maximum Gasteiger partial charge on any atom is 0.417 e. The van der Waals surface area contributed by atoms with Gasteiger partial charge in [0.2, 0.25) is 0 Å². The minimum atomic E-state index is -4.58. The van der Waals surface area contributed by atoms with Crippen LogP contribution >= 0.6 is 0 Å². The molecule has 0 atom stereocenters. The molecule has 425 valence electrons. The first-order valence-corrected chi connectivity index (χ1v) is 31.7. The van der Waals surface area contributed by atoms with E-state index in [9.17, 15) is 52.8 Å². The fraction of sp³-hybridized carbons (Fsp3) is 0.250. The van der Waals surface area contributed by atoms with Crippen LogP contribution in [0.5, 0.6) is 0 Å². The number of aliphatic hydroxyl groups excluding tert-OH is 1. The summed E-state index contributed by atoms with van der Waals surface area (Å²) in [7, 11) is 64.6. The third-order valence-electron chi connectivity index (χ3n) is 14.8. The number of nitrogens with zero attached hydrogens (tertiary/aromatic N) is 2. The average Bonchev–Trinajstić information content (AvgIpc) is 1.82. The number of amides is 2. The number of halogens is 6. The lowest BCUT2D eigenvalue weighted by Gasteiger charge is -2.45. The number of aliphatic hydroxyl groups is 1. The Balaban J connectivity index is 0.000000295. The fourth-order valence-corrected chi connectivity index (χ4v) is 11.8. The Bertz CT molecular complexity index is 3580. The first-order chi connectivity index (χ1) is 41.8. The lowest BCUT2D eigenvalue weighted by atomic mass is 8.36. The van der Waals surface area contributed by atoms with Crippen LogP contribution in [0.3, 0.4) is 0 Å². The molecule has 3 N–H and O–H groups in total. The van der Waals surface area contributed by atoms with E-state index in [1.807, 2.05) is 0 Å². The normalized spacial score (nSPS) is 11.3. The number of aryl methyl sites for hydroxylation is 2. The van der Waals surface area contributed by atoms with Gasteiger partial charge in [-0.2, -0.15) is 26.3 Å². The van der Waals surface area contributed by atoms with Crippen molar-refractivity contribution in [1.82, 2.24) is 9.13 Å². The first kappa shape index (κ1) is 77.5. The average molecular weight is 1220 g/mol. The Labute approximate surface area is 546 Å². The summed E-state index contributed by atoms with van der Waals surface area (Å²) in [6.07, 6.45) is -8.83. The van der Waals surface area contributed by atoms with Crippen LogP contribution in [0.25, 0.3) is 22.5 Å². The van der Waals surface area contributed by atoms with Crippen molar-refractivity contribution in [2.24, 2.45) is 0 Å². The number of aromatic nitrogens is 2. The van der Waals surface area contributed by atoms with E-state index < -0.39 is 119 Å². The van der Waals surface area contributed by atoms with Gasteiger partial charge in [-0.3, -0.25) is 9.59 Å². The molecule has 90 heavy (non-hydrogen) atoms. The number of allylic oxidation sites excluding steroid dienone is 1. The van der Waals surface area contributed by atoms with Crippen LogP contribution in [0.1, 0.15) is 62.2 Å². The molecule has 0 unspecified atom stereocenters. The first-order valence-electron chi connectivity index (χ1n) is 27.9. The molecule has 4 aromatic carbocycles. The zero-order chi connectivity index (χ0) is 68.0. The lowest BCUT2D eigenvalue weighted by molar-refractivity contribution is -0.137. The summed E-state index contributed by atoms with van der Waals surface area (Å²) >= 11 is 0. The van der Waals surface area contributed by atoms with Gasteiger partial charge < -0.3 is 24.9 Å². The van der Waals surface area contributed by atoms with Crippen molar-refractivity contribution in [2.75, 3.05) is 29.8 Å². The van der Waals surface area contributed by atoms with Crippen LogP contribution in [0.4, 0.5) is 37.7 Å². The molecule has 25 radical (unpaired) electrons.